The minimum atomic E-state index is 1.29. The first-order valence-corrected chi connectivity index (χ1v) is 5.15. The van der Waals surface area contributed by atoms with Crippen molar-refractivity contribution in [1.82, 2.24) is 0 Å². The van der Waals surface area contributed by atoms with Crippen molar-refractivity contribution in [3.05, 3.63) is 72.2 Å². The molecular weight excluding hydrogens is 180 g/mol. The molecule has 0 bridgehead atoms. The summed E-state index contributed by atoms with van der Waals surface area (Å²) in [6, 6.07) is 17.0. The van der Waals surface area contributed by atoms with Crippen molar-refractivity contribution in [3.63, 3.8) is 0 Å². The normalized spacial score (nSPS) is 12.8. The molecule has 0 N–H and O–H groups in total. The van der Waals surface area contributed by atoms with Crippen LogP contribution in [0.1, 0.15) is 11.1 Å². The van der Waals surface area contributed by atoms with Crippen LogP contribution >= 0.6 is 0 Å². The molecule has 0 fully saturated rings. The van der Waals surface area contributed by atoms with Crippen LogP contribution in [0.3, 0.4) is 0 Å². The lowest BCUT2D eigenvalue weighted by atomic mass is 9.97. The molecule has 0 aromatic heterocycles. The summed E-state index contributed by atoms with van der Waals surface area (Å²) in [5.74, 6) is 0. The van der Waals surface area contributed by atoms with E-state index in [1.807, 2.05) is 0 Å². The molecule has 0 amide bonds. The van der Waals surface area contributed by atoms with Crippen LogP contribution in [0.4, 0.5) is 0 Å². The van der Waals surface area contributed by atoms with Gasteiger partial charge < -0.3 is 0 Å². The van der Waals surface area contributed by atoms with E-state index in [0.29, 0.717) is 0 Å². The Morgan fingerprint density at radius 2 is 1.60 bits per heavy atom. The molecule has 2 aromatic rings. The van der Waals surface area contributed by atoms with E-state index in [1.54, 1.807) is 0 Å². The molecular formula is C15H11. The highest BCUT2D eigenvalue weighted by Gasteiger charge is 2.10. The van der Waals surface area contributed by atoms with Gasteiger partial charge in [-0.3, -0.25) is 0 Å². The Kier molecular flexibility index (Phi) is 1.92. The smallest absolute Gasteiger partial charge is 0.0137 e. The monoisotopic (exact) mass is 191 g/mol. The van der Waals surface area contributed by atoms with Crippen molar-refractivity contribution in [1.29, 1.82) is 0 Å². The summed E-state index contributed by atoms with van der Waals surface area (Å²) in [7, 11) is 0. The second kappa shape index (κ2) is 3.39. The minimum absolute atomic E-state index is 1.29. The van der Waals surface area contributed by atoms with Gasteiger partial charge in [0.2, 0.25) is 0 Å². The topological polar surface area (TPSA) is 0 Å². The largest absolute Gasteiger partial charge is 0.0754 e. The molecule has 0 aliphatic heterocycles. The van der Waals surface area contributed by atoms with E-state index in [1.165, 1.54) is 22.3 Å². The average Bonchev–Trinajstić information content (AvgIpc) is 2.78. The van der Waals surface area contributed by atoms with Crippen LogP contribution in [-0.4, -0.2) is 0 Å². The quantitative estimate of drug-likeness (QED) is 0.640. The summed E-state index contributed by atoms with van der Waals surface area (Å²) in [5, 5.41) is 0. The lowest BCUT2D eigenvalue weighted by Gasteiger charge is -2.07. The highest BCUT2D eigenvalue weighted by molar-refractivity contribution is 5.78. The van der Waals surface area contributed by atoms with E-state index in [-0.39, 0.29) is 0 Å². The maximum absolute atomic E-state index is 2.18. The molecule has 71 valence electrons. The summed E-state index contributed by atoms with van der Waals surface area (Å²) < 4.78 is 0. The van der Waals surface area contributed by atoms with Crippen LogP contribution in [0.15, 0.2) is 54.6 Å². The van der Waals surface area contributed by atoms with Gasteiger partial charge in [0.15, 0.2) is 0 Å². The van der Waals surface area contributed by atoms with Crippen LogP contribution in [0.2, 0.25) is 0 Å². The van der Waals surface area contributed by atoms with E-state index in [2.05, 4.69) is 67.1 Å². The van der Waals surface area contributed by atoms with Crippen molar-refractivity contribution in [2.24, 2.45) is 0 Å². The highest BCUT2D eigenvalue weighted by atomic mass is 14.1. The molecule has 0 heterocycles. The summed E-state index contributed by atoms with van der Waals surface area (Å²) in [4.78, 5) is 0. The molecule has 0 heteroatoms. The van der Waals surface area contributed by atoms with E-state index < -0.39 is 0 Å². The third-order valence-electron chi connectivity index (χ3n) is 2.76. The van der Waals surface area contributed by atoms with Gasteiger partial charge in [-0.25, -0.2) is 0 Å². The molecule has 0 spiro atoms. The Labute approximate surface area is 89.9 Å². The summed E-state index contributed by atoms with van der Waals surface area (Å²) >= 11 is 0. The highest BCUT2D eigenvalue weighted by Crippen LogP contribution is 2.31. The van der Waals surface area contributed by atoms with Gasteiger partial charge in [0.1, 0.15) is 0 Å². The third-order valence-corrected chi connectivity index (χ3v) is 2.76. The van der Waals surface area contributed by atoms with E-state index in [0.717, 1.165) is 0 Å². The molecule has 0 saturated heterocycles. The fraction of sp³-hybridized carbons (Fsp3) is 0. The molecule has 15 heavy (non-hydrogen) atoms. The van der Waals surface area contributed by atoms with E-state index in [4.69, 9.17) is 0 Å². The average molecular weight is 191 g/mol. The molecule has 0 saturated carbocycles. The first kappa shape index (κ1) is 8.49. The first-order valence-electron chi connectivity index (χ1n) is 5.15. The maximum atomic E-state index is 2.18. The van der Waals surface area contributed by atoms with Gasteiger partial charge in [0.05, 0.1) is 0 Å². The molecule has 0 nitrogen and oxygen atoms in total. The van der Waals surface area contributed by atoms with Gasteiger partial charge in [0.25, 0.3) is 0 Å². The second-order valence-electron chi connectivity index (χ2n) is 3.70. The van der Waals surface area contributed by atoms with Crippen LogP contribution in [-0.2, 0) is 0 Å². The third kappa shape index (κ3) is 1.39. The predicted octanol–water partition coefficient (Wildman–Crippen LogP) is 3.93. The van der Waals surface area contributed by atoms with Crippen molar-refractivity contribution in [2.75, 3.05) is 0 Å². The van der Waals surface area contributed by atoms with Crippen molar-refractivity contribution < 1.29 is 0 Å². The van der Waals surface area contributed by atoms with Gasteiger partial charge in [-0.05, 0) is 22.3 Å². The van der Waals surface area contributed by atoms with Crippen LogP contribution < -0.4 is 0 Å². The van der Waals surface area contributed by atoms with Crippen LogP contribution in [0.5, 0.6) is 0 Å². The predicted molar refractivity (Wildman–Crippen MR) is 64.3 cm³/mol. The number of rotatable bonds is 1. The molecule has 0 unspecified atom stereocenters. The van der Waals surface area contributed by atoms with Crippen molar-refractivity contribution in [3.8, 4) is 11.1 Å². The van der Waals surface area contributed by atoms with Crippen molar-refractivity contribution >= 4 is 6.08 Å². The van der Waals surface area contributed by atoms with Gasteiger partial charge in [-0.1, -0.05) is 60.7 Å². The Morgan fingerprint density at radius 1 is 0.733 bits per heavy atom. The van der Waals surface area contributed by atoms with Gasteiger partial charge in [-0.15, -0.1) is 0 Å². The molecule has 0 atom stereocenters. The standard InChI is InChI=1S/C15H11/c1-2-6-12(7-3-1)14-10-4-8-13-9-5-11-15(13)14/h1-11H. The number of benzene rings is 2. The Morgan fingerprint density at radius 3 is 2.47 bits per heavy atom. The zero-order chi connectivity index (χ0) is 10.1. The summed E-state index contributed by atoms with van der Waals surface area (Å²) in [6.07, 6.45) is 6.44. The van der Waals surface area contributed by atoms with Crippen LogP contribution in [0.25, 0.3) is 17.2 Å². The van der Waals surface area contributed by atoms with Gasteiger partial charge >= 0.3 is 0 Å². The summed E-state index contributed by atoms with van der Waals surface area (Å²) in [5.41, 5.74) is 5.26. The SMILES string of the molecule is [CH]1C=Cc2cccc(-c3ccccc3)c21. The molecule has 1 radical (unpaired) electrons. The number of hydrogen-bond acceptors (Lipinski definition) is 0. The summed E-state index contributed by atoms with van der Waals surface area (Å²) in [6.45, 7) is 0. The lowest BCUT2D eigenvalue weighted by Crippen LogP contribution is -1.86. The Bertz CT molecular complexity index is 507. The minimum Gasteiger partial charge on any atom is -0.0754 e. The number of hydrogen-bond donors (Lipinski definition) is 0. The van der Waals surface area contributed by atoms with E-state index >= 15 is 0 Å². The number of allylic oxidation sites excluding steroid dienone is 1. The fourth-order valence-corrected chi connectivity index (χ4v) is 2.03. The fourth-order valence-electron chi connectivity index (χ4n) is 2.03. The zero-order valence-electron chi connectivity index (χ0n) is 8.35. The number of fused-ring (bicyclic) bond motifs is 1. The molecule has 1 aliphatic carbocycles. The van der Waals surface area contributed by atoms with Gasteiger partial charge in [-0.2, -0.15) is 0 Å². The molecule has 3 rings (SSSR count). The molecule has 1 aliphatic rings. The maximum Gasteiger partial charge on any atom is 0.0137 e. The van der Waals surface area contributed by atoms with Gasteiger partial charge in [0, 0.05) is 6.42 Å². The molecule has 2 aromatic carbocycles. The Hall–Kier alpha value is -1.82. The first-order chi connectivity index (χ1) is 7.45. The Balaban J connectivity index is 2.19. The lowest BCUT2D eigenvalue weighted by molar-refractivity contribution is 1.52. The van der Waals surface area contributed by atoms with Crippen molar-refractivity contribution in [2.45, 2.75) is 0 Å². The zero-order valence-corrected chi connectivity index (χ0v) is 8.35. The van der Waals surface area contributed by atoms with Crippen LogP contribution in [0, 0.1) is 6.42 Å². The van der Waals surface area contributed by atoms with E-state index in [9.17, 15) is 0 Å². The second-order valence-corrected chi connectivity index (χ2v) is 3.70.